The fourth-order valence-corrected chi connectivity index (χ4v) is 2.70. The number of anilines is 3. The second-order valence-electron chi connectivity index (χ2n) is 6.02. The zero-order valence-electron chi connectivity index (χ0n) is 13.3. The van der Waals surface area contributed by atoms with E-state index in [1.165, 1.54) is 12.8 Å². The smallest absolute Gasteiger partial charge is 0.323 e. The molecule has 0 saturated carbocycles. The van der Waals surface area contributed by atoms with E-state index < -0.39 is 0 Å². The van der Waals surface area contributed by atoms with Crippen molar-refractivity contribution in [1.29, 1.82) is 0 Å². The van der Waals surface area contributed by atoms with E-state index in [1.54, 1.807) is 6.20 Å². The normalized spacial score (nSPS) is 15.3. The molecule has 120 valence electrons. The number of hydrogen-bond acceptors (Lipinski definition) is 3. The van der Waals surface area contributed by atoms with Gasteiger partial charge >= 0.3 is 6.03 Å². The number of piperidine rings is 1. The minimum absolute atomic E-state index is 0.266. The maximum Gasteiger partial charge on any atom is 0.323 e. The van der Waals surface area contributed by atoms with Gasteiger partial charge in [0.1, 0.15) is 5.82 Å². The van der Waals surface area contributed by atoms with Crippen LogP contribution in [0.25, 0.3) is 0 Å². The molecule has 1 fully saturated rings. The minimum atomic E-state index is -0.266. The van der Waals surface area contributed by atoms with Crippen molar-refractivity contribution in [3.63, 3.8) is 0 Å². The molecule has 0 unspecified atom stereocenters. The highest BCUT2D eigenvalue weighted by atomic mass is 16.2. The molecule has 1 aliphatic rings. The predicted molar refractivity (Wildman–Crippen MR) is 93.9 cm³/mol. The molecule has 5 nitrogen and oxygen atoms in total. The summed E-state index contributed by atoms with van der Waals surface area (Å²) in [6.07, 6.45) is 4.13. The number of aromatic nitrogens is 1. The highest BCUT2D eigenvalue weighted by Gasteiger charge is 2.16. The third-order valence-corrected chi connectivity index (χ3v) is 4.15. The topological polar surface area (TPSA) is 57.3 Å². The molecular weight excluding hydrogens is 288 g/mol. The van der Waals surface area contributed by atoms with Crippen LogP contribution < -0.4 is 15.5 Å². The average molecular weight is 310 g/mol. The van der Waals surface area contributed by atoms with Crippen molar-refractivity contribution in [2.45, 2.75) is 19.8 Å². The van der Waals surface area contributed by atoms with E-state index in [1.807, 2.05) is 42.5 Å². The Morgan fingerprint density at radius 3 is 2.39 bits per heavy atom. The summed E-state index contributed by atoms with van der Waals surface area (Å²) < 4.78 is 0. The molecule has 0 bridgehead atoms. The van der Waals surface area contributed by atoms with Crippen LogP contribution in [0.3, 0.4) is 0 Å². The van der Waals surface area contributed by atoms with Crippen molar-refractivity contribution in [2.24, 2.45) is 5.92 Å². The van der Waals surface area contributed by atoms with Crippen LogP contribution >= 0.6 is 0 Å². The number of pyridine rings is 1. The van der Waals surface area contributed by atoms with Gasteiger partial charge in [-0.25, -0.2) is 9.78 Å². The lowest BCUT2D eigenvalue weighted by Gasteiger charge is -2.31. The number of carbonyl (C=O) groups is 1. The Morgan fingerprint density at radius 1 is 1.04 bits per heavy atom. The molecule has 0 aliphatic carbocycles. The second kappa shape index (κ2) is 7.13. The number of hydrogen-bond donors (Lipinski definition) is 2. The number of nitrogens with one attached hydrogen (secondary N) is 2. The van der Waals surface area contributed by atoms with E-state index in [-0.39, 0.29) is 6.03 Å². The highest BCUT2D eigenvalue weighted by Crippen LogP contribution is 2.22. The Balaban J connectivity index is 1.56. The van der Waals surface area contributed by atoms with Crippen molar-refractivity contribution in [1.82, 2.24) is 4.98 Å². The second-order valence-corrected chi connectivity index (χ2v) is 6.02. The van der Waals surface area contributed by atoms with Crippen LogP contribution in [0, 0.1) is 5.92 Å². The van der Waals surface area contributed by atoms with Gasteiger partial charge in [0, 0.05) is 18.8 Å². The summed E-state index contributed by atoms with van der Waals surface area (Å²) >= 11 is 0. The van der Waals surface area contributed by atoms with Gasteiger partial charge in [-0.05, 0) is 43.0 Å². The monoisotopic (exact) mass is 310 g/mol. The average Bonchev–Trinajstić information content (AvgIpc) is 2.57. The van der Waals surface area contributed by atoms with Gasteiger partial charge < -0.3 is 15.5 Å². The lowest BCUT2D eigenvalue weighted by atomic mass is 9.99. The first-order chi connectivity index (χ1) is 11.2. The molecule has 0 radical (unpaired) electrons. The zero-order chi connectivity index (χ0) is 16.1. The van der Waals surface area contributed by atoms with Crippen LogP contribution in [0.2, 0.25) is 0 Å². The molecule has 1 aliphatic heterocycles. The summed E-state index contributed by atoms with van der Waals surface area (Å²) in [5, 5.41) is 5.58. The predicted octanol–water partition coefficient (Wildman–Crippen LogP) is 3.96. The Morgan fingerprint density at radius 2 is 1.74 bits per heavy atom. The molecule has 1 saturated heterocycles. The fraction of sp³-hybridized carbons (Fsp3) is 0.333. The van der Waals surface area contributed by atoms with Gasteiger partial charge in [-0.15, -0.1) is 0 Å². The van der Waals surface area contributed by atoms with Gasteiger partial charge in [0.2, 0.25) is 0 Å². The Hall–Kier alpha value is -2.56. The van der Waals surface area contributed by atoms with Crippen molar-refractivity contribution < 1.29 is 4.79 Å². The first kappa shape index (κ1) is 15.3. The summed E-state index contributed by atoms with van der Waals surface area (Å²) in [6, 6.07) is 13.0. The van der Waals surface area contributed by atoms with E-state index in [2.05, 4.69) is 27.4 Å². The third kappa shape index (κ3) is 4.22. The van der Waals surface area contributed by atoms with Gasteiger partial charge in [0.15, 0.2) is 0 Å². The van der Waals surface area contributed by atoms with E-state index in [9.17, 15) is 4.79 Å². The molecule has 3 rings (SSSR count). The van der Waals surface area contributed by atoms with E-state index in [0.29, 0.717) is 5.69 Å². The van der Waals surface area contributed by atoms with Crippen LogP contribution in [0.15, 0.2) is 48.7 Å². The van der Waals surface area contributed by atoms with Gasteiger partial charge in [-0.1, -0.05) is 25.1 Å². The first-order valence-electron chi connectivity index (χ1n) is 8.05. The van der Waals surface area contributed by atoms with Crippen LogP contribution in [-0.2, 0) is 0 Å². The molecule has 2 N–H and O–H groups in total. The molecule has 0 atom stereocenters. The summed E-state index contributed by atoms with van der Waals surface area (Å²) in [5.74, 6) is 1.78. The standard InChI is InChI=1S/C18H22N4O/c1-14-9-11-22(12-10-14)17-8-7-16(13-19-17)21-18(23)20-15-5-3-2-4-6-15/h2-8,13-14H,9-12H2,1H3,(H2,20,21,23). The summed E-state index contributed by atoms with van der Waals surface area (Å²) in [6.45, 7) is 4.40. The first-order valence-corrected chi connectivity index (χ1v) is 8.05. The van der Waals surface area contributed by atoms with Crippen LogP contribution in [0.1, 0.15) is 19.8 Å². The lowest BCUT2D eigenvalue weighted by Crippen LogP contribution is -2.33. The molecule has 23 heavy (non-hydrogen) atoms. The fourth-order valence-electron chi connectivity index (χ4n) is 2.70. The van der Waals surface area contributed by atoms with Gasteiger partial charge in [-0.2, -0.15) is 0 Å². The number of benzene rings is 1. The number of urea groups is 1. The Bertz CT molecular complexity index is 634. The van der Waals surface area contributed by atoms with E-state index in [4.69, 9.17) is 0 Å². The largest absolute Gasteiger partial charge is 0.357 e. The van der Waals surface area contributed by atoms with E-state index in [0.717, 1.165) is 30.5 Å². The molecule has 0 spiro atoms. The van der Waals surface area contributed by atoms with Crippen molar-refractivity contribution in [3.05, 3.63) is 48.7 Å². The Kier molecular flexibility index (Phi) is 4.76. The number of carbonyl (C=O) groups excluding carboxylic acids is 1. The minimum Gasteiger partial charge on any atom is -0.357 e. The number of rotatable bonds is 3. The zero-order valence-corrected chi connectivity index (χ0v) is 13.3. The highest BCUT2D eigenvalue weighted by molar-refractivity contribution is 5.99. The molecule has 5 heteroatoms. The summed E-state index contributed by atoms with van der Waals surface area (Å²) in [7, 11) is 0. The third-order valence-electron chi connectivity index (χ3n) is 4.15. The van der Waals surface area contributed by atoms with Crippen molar-refractivity contribution >= 4 is 23.2 Å². The quantitative estimate of drug-likeness (QED) is 0.902. The van der Waals surface area contributed by atoms with Crippen LogP contribution in [0.4, 0.5) is 22.0 Å². The molecule has 2 amide bonds. The van der Waals surface area contributed by atoms with Crippen molar-refractivity contribution in [2.75, 3.05) is 28.6 Å². The van der Waals surface area contributed by atoms with Gasteiger partial charge in [0.05, 0.1) is 11.9 Å². The van der Waals surface area contributed by atoms with Gasteiger partial charge in [0.25, 0.3) is 0 Å². The Labute approximate surface area is 136 Å². The van der Waals surface area contributed by atoms with Crippen LogP contribution in [-0.4, -0.2) is 24.1 Å². The maximum absolute atomic E-state index is 11.9. The molecule has 2 heterocycles. The SMILES string of the molecule is CC1CCN(c2ccc(NC(=O)Nc3ccccc3)cn2)CC1. The van der Waals surface area contributed by atoms with E-state index >= 15 is 0 Å². The summed E-state index contributed by atoms with van der Waals surface area (Å²) in [4.78, 5) is 18.7. The number of para-hydroxylation sites is 1. The number of amides is 2. The lowest BCUT2D eigenvalue weighted by molar-refractivity contribution is 0.262. The molecule has 1 aromatic heterocycles. The van der Waals surface area contributed by atoms with Gasteiger partial charge in [-0.3, -0.25) is 0 Å². The number of nitrogens with zero attached hydrogens (tertiary/aromatic N) is 2. The summed E-state index contributed by atoms with van der Waals surface area (Å²) in [5.41, 5.74) is 1.45. The molecule has 1 aromatic carbocycles. The van der Waals surface area contributed by atoms with Crippen LogP contribution in [0.5, 0.6) is 0 Å². The van der Waals surface area contributed by atoms with Crippen molar-refractivity contribution in [3.8, 4) is 0 Å². The maximum atomic E-state index is 11.9. The molecule has 2 aromatic rings. The molecular formula is C18H22N4O.